The highest BCUT2D eigenvalue weighted by molar-refractivity contribution is 9.10. The van der Waals surface area contributed by atoms with Crippen LogP contribution in [0.1, 0.15) is 44.7 Å². The highest BCUT2D eigenvalue weighted by atomic mass is 79.9. The van der Waals surface area contributed by atoms with Crippen LogP contribution in [-0.2, 0) is 6.42 Å². The van der Waals surface area contributed by atoms with Crippen LogP contribution in [0, 0.1) is 17.8 Å². The van der Waals surface area contributed by atoms with E-state index < -0.39 is 0 Å². The molecule has 1 aromatic heterocycles. The van der Waals surface area contributed by atoms with Gasteiger partial charge in [0.25, 0.3) is 0 Å². The Bertz CT molecular complexity index is 431. The molecular weight excluding hydrogens is 312 g/mol. The van der Waals surface area contributed by atoms with Crippen LogP contribution < -0.4 is 5.32 Å². The second-order valence-electron chi connectivity index (χ2n) is 6.57. The molecule has 2 bridgehead atoms. The average molecular weight is 337 g/mol. The van der Waals surface area contributed by atoms with Gasteiger partial charge in [-0.15, -0.1) is 0 Å². The van der Waals surface area contributed by atoms with Crippen molar-refractivity contribution in [3.05, 3.63) is 28.5 Å². The first-order chi connectivity index (χ1) is 9.76. The summed E-state index contributed by atoms with van der Waals surface area (Å²) < 4.78 is 1.07. The van der Waals surface area contributed by atoms with E-state index in [4.69, 9.17) is 0 Å². The number of nitrogens with one attached hydrogen (secondary N) is 1. The Morgan fingerprint density at radius 1 is 1.35 bits per heavy atom. The Balaban J connectivity index is 1.67. The molecule has 0 saturated heterocycles. The average Bonchev–Trinajstić information content (AvgIpc) is 3.08. The van der Waals surface area contributed by atoms with Gasteiger partial charge in [0.05, 0.1) is 0 Å². The predicted molar refractivity (Wildman–Crippen MR) is 86.7 cm³/mol. The van der Waals surface area contributed by atoms with E-state index in [2.05, 4.69) is 45.3 Å². The first kappa shape index (κ1) is 14.5. The first-order valence-electron chi connectivity index (χ1n) is 8.10. The van der Waals surface area contributed by atoms with Crippen molar-refractivity contribution in [2.75, 3.05) is 6.54 Å². The third-order valence-corrected chi connectivity index (χ3v) is 5.65. The van der Waals surface area contributed by atoms with Gasteiger partial charge in [0, 0.05) is 28.8 Å². The second-order valence-corrected chi connectivity index (χ2v) is 7.49. The van der Waals surface area contributed by atoms with Gasteiger partial charge in [0.15, 0.2) is 0 Å². The van der Waals surface area contributed by atoms with Crippen molar-refractivity contribution >= 4 is 15.9 Å². The van der Waals surface area contributed by atoms with Crippen molar-refractivity contribution in [2.45, 2.75) is 51.5 Å². The highest BCUT2D eigenvalue weighted by Crippen LogP contribution is 2.49. The minimum Gasteiger partial charge on any atom is -0.313 e. The van der Waals surface area contributed by atoms with Gasteiger partial charge in [0.1, 0.15) is 0 Å². The Kier molecular flexibility index (Phi) is 4.77. The number of halogens is 1. The Morgan fingerprint density at radius 3 is 2.85 bits per heavy atom. The summed E-state index contributed by atoms with van der Waals surface area (Å²) in [5, 5.41) is 3.81. The minimum atomic E-state index is 0.624. The maximum atomic E-state index is 4.57. The quantitative estimate of drug-likeness (QED) is 0.842. The molecule has 0 aliphatic heterocycles. The van der Waals surface area contributed by atoms with Crippen LogP contribution in [-0.4, -0.2) is 17.6 Å². The largest absolute Gasteiger partial charge is 0.313 e. The number of fused-ring (bicyclic) bond motifs is 2. The lowest BCUT2D eigenvalue weighted by molar-refractivity contribution is 0.246. The van der Waals surface area contributed by atoms with Crippen molar-refractivity contribution in [3.8, 4) is 0 Å². The molecule has 4 unspecified atom stereocenters. The molecule has 1 heterocycles. The van der Waals surface area contributed by atoms with Gasteiger partial charge in [-0.3, -0.25) is 4.98 Å². The van der Waals surface area contributed by atoms with Crippen molar-refractivity contribution < 1.29 is 0 Å². The molecule has 110 valence electrons. The smallest absolute Gasteiger partial charge is 0.0420 e. The normalized spacial score (nSPS) is 29.8. The van der Waals surface area contributed by atoms with Gasteiger partial charge in [-0.05, 0) is 78.0 Å². The SMILES string of the molecule is CCCNC(Cc1ccc(Br)cn1)C1CC2CCC1C2. The molecule has 1 aromatic rings. The summed E-state index contributed by atoms with van der Waals surface area (Å²) >= 11 is 3.47. The Labute approximate surface area is 130 Å². The Hall–Kier alpha value is -0.410. The molecule has 1 N–H and O–H groups in total. The van der Waals surface area contributed by atoms with Gasteiger partial charge in [-0.1, -0.05) is 13.3 Å². The molecule has 0 aromatic carbocycles. The van der Waals surface area contributed by atoms with Gasteiger partial charge in [0.2, 0.25) is 0 Å². The van der Waals surface area contributed by atoms with Crippen molar-refractivity contribution in [2.24, 2.45) is 17.8 Å². The lowest BCUT2D eigenvalue weighted by atomic mass is 9.81. The topological polar surface area (TPSA) is 24.9 Å². The fourth-order valence-corrected chi connectivity index (χ4v) is 4.48. The molecule has 2 nitrogen and oxygen atoms in total. The minimum absolute atomic E-state index is 0.624. The van der Waals surface area contributed by atoms with Crippen LogP contribution >= 0.6 is 15.9 Å². The molecule has 2 aliphatic rings. The summed E-state index contributed by atoms with van der Waals surface area (Å²) in [4.78, 5) is 4.57. The number of aromatic nitrogens is 1. The fourth-order valence-electron chi connectivity index (χ4n) is 4.24. The molecule has 2 aliphatic carbocycles. The molecule has 4 atom stereocenters. The number of hydrogen-bond acceptors (Lipinski definition) is 2. The zero-order valence-corrected chi connectivity index (χ0v) is 13.9. The first-order valence-corrected chi connectivity index (χ1v) is 8.89. The van der Waals surface area contributed by atoms with Crippen molar-refractivity contribution in [1.82, 2.24) is 10.3 Å². The molecule has 2 saturated carbocycles. The maximum Gasteiger partial charge on any atom is 0.0420 e. The molecule has 3 rings (SSSR count). The van der Waals surface area contributed by atoms with E-state index in [9.17, 15) is 0 Å². The molecule has 2 fully saturated rings. The van der Waals surface area contributed by atoms with E-state index in [0.717, 1.165) is 35.2 Å². The molecule has 3 heteroatoms. The number of rotatable bonds is 6. The van der Waals surface area contributed by atoms with Crippen LogP contribution in [0.15, 0.2) is 22.8 Å². The van der Waals surface area contributed by atoms with Crippen LogP contribution in [0.25, 0.3) is 0 Å². The second kappa shape index (κ2) is 6.57. The molecule has 0 spiro atoms. The van der Waals surface area contributed by atoms with Crippen molar-refractivity contribution in [1.29, 1.82) is 0 Å². The van der Waals surface area contributed by atoms with Crippen LogP contribution in [0.5, 0.6) is 0 Å². The number of hydrogen-bond donors (Lipinski definition) is 1. The van der Waals surface area contributed by atoms with E-state index >= 15 is 0 Å². The van der Waals surface area contributed by atoms with Gasteiger partial charge >= 0.3 is 0 Å². The zero-order chi connectivity index (χ0) is 13.9. The maximum absolute atomic E-state index is 4.57. The summed E-state index contributed by atoms with van der Waals surface area (Å²) in [6, 6.07) is 4.90. The summed E-state index contributed by atoms with van der Waals surface area (Å²) in [7, 11) is 0. The summed E-state index contributed by atoms with van der Waals surface area (Å²) in [5.74, 6) is 2.88. The van der Waals surface area contributed by atoms with Crippen LogP contribution in [0.3, 0.4) is 0 Å². The summed E-state index contributed by atoms with van der Waals surface area (Å²) in [6.45, 7) is 3.39. The number of nitrogens with zero attached hydrogens (tertiary/aromatic N) is 1. The summed E-state index contributed by atoms with van der Waals surface area (Å²) in [5.41, 5.74) is 1.23. The fraction of sp³-hybridized carbons (Fsp3) is 0.706. The molecule has 0 amide bonds. The highest BCUT2D eigenvalue weighted by Gasteiger charge is 2.42. The Morgan fingerprint density at radius 2 is 2.25 bits per heavy atom. The van der Waals surface area contributed by atoms with E-state index in [1.807, 2.05) is 6.20 Å². The van der Waals surface area contributed by atoms with E-state index in [1.165, 1.54) is 37.8 Å². The van der Waals surface area contributed by atoms with Gasteiger partial charge in [-0.2, -0.15) is 0 Å². The molecule has 0 radical (unpaired) electrons. The van der Waals surface area contributed by atoms with Crippen molar-refractivity contribution in [3.63, 3.8) is 0 Å². The van der Waals surface area contributed by atoms with Gasteiger partial charge in [-0.25, -0.2) is 0 Å². The van der Waals surface area contributed by atoms with E-state index in [0.29, 0.717) is 6.04 Å². The molecular formula is C17H25BrN2. The zero-order valence-electron chi connectivity index (χ0n) is 12.3. The third-order valence-electron chi connectivity index (χ3n) is 5.18. The standard InChI is InChI=1S/C17H25BrN2/c1-2-7-19-17(10-15-6-5-14(18)11-20-15)16-9-12-3-4-13(16)8-12/h5-6,11-13,16-17,19H,2-4,7-10H2,1H3. The van der Waals surface area contributed by atoms with Crippen LogP contribution in [0.4, 0.5) is 0 Å². The lowest BCUT2D eigenvalue weighted by Crippen LogP contribution is -2.41. The van der Waals surface area contributed by atoms with Gasteiger partial charge < -0.3 is 5.32 Å². The summed E-state index contributed by atoms with van der Waals surface area (Å²) in [6.07, 6.45) is 10.1. The van der Waals surface area contributed by atoms with E-state index in [-0.39, 0.29) is 0 Å². The monoisotopic (exact) mass is 336 g/mol. The third kappa shape index (κ3) is 3.25. The predicted octanol–water partition coefficient (Wildman–Crippen LogP) is 4.19. The number of pyridine rings is 1. The van der Waals surface area contributed by atoms with E-state index in [1.54, 1.807) is 0 Å². The molecule has 20 heavy (non-hydrogen) atoms. The van der Waals surface area contributed by atoms with Crippen LogP contribution in [0.2, 0.25) is 0 Å². The lowest BCUT2D eigenvalue weighted by Gasteiger charge is -2.31.